The zero-order valence-corrected chi connectivity index (χ0v) is 8.51. The number of ether oxygens (including phenoxy) is 2. The Labute approximate surface area is 92.9 Å². The Kier molecular flexibility index (Phi) is 1.96. The number of aromatic hydroxyl groups is 1. The summed E-state index contributed by atoms with van der Waals surface area (Å²) >= 11 is 0. The number of hydrogen-bond donors (Lipinski definition) is 1. The lowest BCUT2D eigenvalue weighted by Crippen LogP contribution is -1.92. The zero-order valence-electron chi connectivity index (χ0n) is 8.51. The van der Waals surface area contributed by atoms with E-state index in [1.165, 1.54) is 0 Å². The standard InChI is InChI=1S/C13H10O3/c14-11-4-2-1-3-10(11)9-5-6-12-13(7-9)16-8-15-12/h1-7,14H,8H2. The summed E-state index contributed by atoms with van der Waals surface area (Å²) in [4.78, 5) is 0. The average molecular weight is 214 g/mol. The van der Waals surface area contributed by atoms with E-state index in [1.807, 2.05) is 30.3 Å². The van der Waals surface area contributed by atoms with Crippen LogP contribution < -0.4 is 9.47 Å². The molecule has 3 rings (SSSR count). The fraction of sp³-hybridized carbons (Fsp3) is 0.0769. The van der Waals surface area contributed by atoms with E-state index in [2.05, 4.69) is 0 Å². The molecule has 3 heteroatoms. The van der Waals surface area contributed by atoms with E-state index < -0.39 is 0 Å². The van der Waals surface area contributed by atoms with Gasteiger partial charge in [0.25, 0.3) is 0 Å². The van der Waals surface area contributed by atoms with Crippen molar-refractivity contribution >= 4 is 0 Å². The maximum absolute atomic E-state index is 9.74. The Balaban J connectivity index is 2.11. The van der Waals surface area contributed by atoms with Crippen LogP contribution in [0.1, 0.15) is 0 Å². The second-order valence-electron chi connectivity index (χ2n) is 3.59. The molecule has 0 aliphatic carbocycles. The molecule has 3 nitrogen and oxygen atoms in total. The van der Waals surface area contributed by atoms with Gasteiger partial charge < -0.3 is 14.6 Å². The van der Waals surface area contributed by atoms with Gasteiger partial charge in [0.1, 0.15) is 5.75 Å². The lowest BCUT2D eigenvalue weighted by atomic mass is 10.0. The van der Waals surface area contributed by atoms with E-state index in [1.54, 1.807) is 12.1 Å². The van der Waals surface area contributed by atoms with Gasteiger partial charge in [-0.25, -0.2) is 0 Å². The van der Waals surface area contributed by atoms with Gasteiger partial charge in [0, 0.05) is 5.56 Å². The molecule has 80 valence electrons. The maximum Gasteiger partial charge on any atom is 0.231 e. The Hall–Kier alpha value is -2.16. The molecule has 0 bridgehead atoms. The van der Waals surface area contributed by atoms with Gasteiger partial charge in [0.05, 0.1) is 0 Å². The van der Waals surface area contributed by atoms with E-state index >= 15 is 0 Å². The number of fused-ring (bicyclic) bond motifs is 1. The minimum Gasteiger partial charge on any atom is -0.507 e. The molecular weight excluding hydrogens is 204 g/mol. The van der Waals surface area contributed by atoms with Crippen LogP contribution in [-0.4, -0.2) is 11.9 Å². The topological polar surface area (TPSA) is 38.7 Å². The highest BCUT2D eigenvalue weighted by molar-refractivity contribution is 5.72. The average Bonchev–Trinajstić information content (AvgIpc) is 2.76. The van der Waals surface area contributed by atoms with Crippen molar-refractivity contribution in [2.24, 2.45) is 0 Å². The van der Waals surface area contributed by atoms with E-state index in [9.17, 15) is 5.11 Å². The first-order valence-corrected chi connectivity index (χ1v) is 5.02. The van der Waals surface area contributed by atoms with Crippen molar-refractivity contribution in [1.29, 1.82) is 0 Å². The minimum absolute atomic E-state index is 0.263. The van der Waals surface area contributed by atoms with Gasteiger partial charge >= 0.3 is 0 Å². The lowest BCUT2D eigenvalue weighted by molar-refractivity contribution is 0.174. The summed E-state index contributed by atoms with van der Waals surface area (Å²) in [6.45, 7) is 0.263. The number of phenolic OH excluding ortho intramolecular Hbond substituents is 1. The third-order valence-electron chi connectivity index (χ3n) is 2.59. The van der Waals surface area contributed by atoms with Crippen molar-refractivity contribution < 1.29 is 14.6 Å². The molecule has 2 aromatic carbocycles. The fourth-order valence-corrected chi connectivity index (χ4v) is 1.78. The van der Waals surface area contributed by atoms with Crippen molar-refractivity contribution in [1.82, 2.24) is 0 Å². The highest BCUT2D eigenvalue weighted by Crippen LogP contribution is 2.38. The molecule has 0 unspecified atom stereocenters. The van der Waals surface area contributed by atoms with Gasteiger partial charge in [-0.3, -0.25) is 0 Å². The summed E-state index contributed by atoms with van der Waals surface area (Å²) in [5.74, 6) is 1.74. The van der Waals surface area contributed by atoms with Crippen molar-refractivity contribution in [3.8, 4) is 28.4 Å². The van der Waals surface area contributed by atoms with Crippen molar-refractivity contribution in [2.75, 3.05) is 6.79 Å². The van der Waals surface area contributed by atoms with Crippen molar-refractivity contribution in [3.63, 3.8) is 0 Å². The SMILES string of the molecule is Oc1ccccc1-c1ccc2c(c1)OCO2. The Morgan fingerprint density at radius 2 is 1.75 bits per heavy atom. The van der Waals surface area contributed by atoms with Gasteiger partial charge in [-0.15, -0.1) is 0 Å². The van der Waals surface area contributed by atoms with Crippen LogP contribution >= 0.6 is 0 Å². The number of phenols is 1. The molecule has 1 N–H and O–H groups in total. The van der Waals surface area contributed by atoms with Gasteiger partial charge in [-0.05, 0) is 23.8 Å². The second-order valence-corrected chi connectivity index (χ2v) is 3.59. The molecule has 0 fully saturated rings. The third-order valence-corrected chi connectivity index (χ3v) is 2.59. The summed E-state index contributed by atoms with van der Waals surface area (Å²) in [7, 11) is 0. The number of benzene rings is 2. The predicted molar refractivity (Wildman–Crippen MR) is 59.7 cm³/mol. The molecule has 0 aromatic heterocycles. The van der Waals surface area contributed by atoms with Gasteiger partial charge in [0.2, 0.25) is 6.79 Å². The monoisotopic (exact) mass is 214 g/mol. The quantitative estimate of drug-likeness (QED) is 0.793. The predicted octanol–water partition coefficient (Wildman–Crippen LogP) is 2.79. The molecular formula is C13H10O3. The molecule has 0 radical (unpaired) electrons. The zero-order chi connectivity index (χ0) is 11.0. The molecule has 0 saturated carbocycles. The lowest BCUT2D eigenvalue weighted by Gasteiger charge is -2.05. The van der Waals surface area contributed by atoms with Gasteiger partial charge in [0.15, 0.2) is 11.5 Å². The molecule has 1 aliphatic rings. The van der Waals surface area contributed by atoms with Crippen molar-refractivity contribution in [2.45, 2.75) is 0 Å². The summed E-state index contributed by atoms with van der Waals surface area (Å²) in [6.07, 6.45) is 0. The van der Waals surface area contributed by atoms with E-state index in [-0.39, 0.29) is 12.5 Å². The normalized spacial score (nSPS) is 12.8. The largest absolute Gasteiger partial charge is 0.507 e. The summed E-state index contributed by atoms with van der Waals surface area (Å²) in [6, 6.07) is 12.8. The van der Waals surface area contributed by atoms with E-state index in [4.69, 9.17) is 9.47 Å². The fourth-order valence-electron chi connectivity index (χ4n) is 1.78. The Morgan fingerprint density at radius 1 is 0.938 bits per heavy atom. The van der Waals surface area contributed by atoms with Gasteiger partial charge in [-0.1, -0.05) is 24.3 Å². The van der Waals surface area contributed by atoms with E-state index in [0.717, 1.165) is 22.6 Å². The van der Waals surface area contributed by atoms with Crippen LogP contribution in [0.3, 0.4) is 0 Å². The highest BCUT2D eigenvalue weighted by Gasteiger charge is 2.14. The highest BCUT2D eigenvalue weighted by atomic mass is 16.7. The molecule has 1 heterocycles. The summed E-state index contributed by atoms with van der Waals surface area (Å²) in [5.41, 5.74) is 1.71. The van der Waals surface area contributed by atoms with Crippen LogP contribution in [0.5, 0.6) is 17.2 Å². The first-order valence-electron chi connectivity index (χ1n) is 5.02. The smallest absolute Gasteiger partial charge is 0.231 e. The summed E-state index contributed by atoms with van der Waals surface area (Å²) in [5, 5.41) is 9.74. The molecule has 16 heavy (non-hydrogen) atoms. The second kappa shape index (κ2) is 3.45. The molecule has 0 atom stereocenters. The molecule has 2 aromatic rings. The third kappa shape index (κ3) is 1.37. The minimum atomic E-state index is 0.263. The summed E-state index contributed by atoms with van der Waals surface area (Å²) < 4.78 is 10.5. The molecule has 1 aliphatic heterocycles. The van der Waals surface area contributed by atoms with Crippen LogP contribution in [-0.2, 0) is 0 Å². The van der Waals surface area contributed by atoms with Crippen LogP contribution in [0, 0.1) is 0 Å². The molecule has 0 saturated heterocycles. The van der Waals surface area contributed by atoms with Crippen LogP contribution in [0.2, 0.25) is 0 Å². The number of rotatable bonds is 1. The first kappa shape index (κ1) is 9.09. The Bertz CT molecular complexity index is 534. The van der Waals surface area contributed by atoms with Crippen LogP contribution in [0.25, 0.3) is 11.1 Å². The Morgan fingerprint density at radius 3 is 2.62 bits per heavy atom. The molecule has 0 amide bonds. The van der Waals surface area contributed by atoms with Crippen LogP contribution in [0.4, 0.5) is 0 Å². The van der Waals surface area contributed by atoms with Crippen LogP contribution in [0.15, 0.2) is 42.5 Å². The van der Waals surface area contributed by atoms with E-state index in [0.29, 0.717) is 0 Å². The number of hydrogen-bond acceptors (Lipinski definition) is 3. The van der Waals surface area contributed by atoms with Gasteiger partial charge in [-0.2, -0.15) is 0 Å². The molecule has 0 spiro atoms. The number of para-hydroxylation sites is 1. The van der Waals surface area contributed by atoms with Crippen molar-refractivity contribution in [3.05, 3.63) is 42.5 Å². The first-order chi connectivity index (χ1) is 7.84. The maximum atomic E-state index is 9.74.